The Labute approximate surface area is 117 Å². The van der Waals surface area contributed by atoms with E-state index in [1.807, 2.05) is 0 Å². The minimum absolute atomic E-state index is 0.0133. The third-order valence-electron chi connectivity index (χ3n) is 2.86. The molecule has 2 heterocycles. The molecule has 0 bridgehead atoms. The molecule has 0 fully saturated rings. The van der Waals surface area contributed by atoms with Gasteiger partial charge in [-0.05, 0) is 11.6 Å². The number of imidazole rings is 1. The van der Waals surface area contributed by atoms with E-state index in [0.29, 0.717) is 0 Å². The summed E-state index contributed by atoms with van der Waals surface area (Å²) in [5.41, 5.74) is -1.32. The highest BCUT2D eigenvalue weighted by molar-refractivity contribution is 7.86. The molecule has 0 N–H and O–H groups in total. The van der Waals surface area contributed by atoms with Crippen molar-refractivity contribution in [3.63, 3.8) is 0 Å². The Morgan fingerprint density at radius 1 is 1.25 bits per heavy atom. The number of aromatic nitrogens is 4. The van der Waals surface area contributed by atoms with E-state index in [2.05, 4.69) is 4.98 Å². The SMILES string of the molecule is Cn1c(=O)c2c(nc(Cl)n2CCS(=O)(=O)F)n(C)c1=O. The molecule has 0 unspecified atom stereocenters. The van der Waals surface area contributed by atoms with E-state index in [1.165, 1.54) is 14.1 Å². The maximum Gasteiger partial charge on any atom is 0.332 e. The minimum atomic E-state index is -4.71. The summed E-state index contributed by atoms with van der Waals surface area (Å²) in [6.07, 6.45) is 0. The summed E-state index contributed by atoms with van der Waals surface area (Å²) < 4.78 is 36.7. The number of nitrogens with zero attached hydrogens (tertiary/aromatic N) is 4. The molecule has 20 heavy (non-hydrogen) atoms. The van der Waals surface area contributed by atoms with Gasteiger partial charge < -0.3 is 4.57 Å². The highest BCUT2D eigenvalue weighted by atomic mass is 35.5. The Hall–Kier alpha value is -1.68. The van der Waals surface area contributed by atoms with Crippen LogP contribution < -0.4 is 11.2 Å². The van der Waals surface area contributed by atoms with Crippen molar-refractivity contribution in [1.82, 2.24) is 18.7 Å². The Morgan fingerprint density at radius 2 is 1.85 bits per heavy atom. The van der Waals surface area contributed by atoms with Crippen LogP contribution in [0.4, 0.5) is 3.89 Å². The van der Waals surface area contributed by atoms with E-state index in [4.69, 9.17) is 11.6 Å². The zero-order valence-electron chi connectivity index (χ0n) is 10.5. The first-order valence-corrected chi connectivity index (χ1v) is 7.30. The molecule has 0 saturated heterocycles. The zero-order valence-corrected chi connectivity index (χ0v) is 12.1. The smallest absolute Gasteiger partial charge is 0.308 e. The van der Waals surface area contributed by atoms with Gasteiger partial charge in [0.2, 0.25) is 5.28 Å². The lowest BCUT2D eigenvalue weighted by Crippen LogP contribution is -2.37. The summed E-state index contributed by atoms with van der Waals surface area (Å²) in [4.78, 5) is 27.6. The van der Waals surface area contributed by atoms with Crippen LogP contribution in [-0.2, 0) is 30.9 Å². The molecule has 0 radical (unpaired) electrons. The summed E-state index contributed by atoms with van der Waals surface area (Å²) in [6.45, 7) is -0.373. The molecule has 0 aromatic carbocycles. The second-order valence-electron chi connectivity index (χ2n) is 4.15. The highest BCUT2D eigenvalue weighted by Gasteiger charge is 2.19. The van der Waals surface area contributed by atoms with E-state index in [1.54, 1.807) is 0 Å². The van der Waals surface area contributed by atoms with Crippen LogP contribution >= 0.6 is 11.6 Å². The van der Waals surface area contributed by atoms with Crippen molar-refractivity contribution in [3.05, 3.63) is 26.1 Å². The predicted molar refractivity (Wildman–Crippen MR) is 70.1 cm³/mol. The molecular weight excluding hydrogens is 315 g/mol. The summed E-state index contributed by atoms with van der Waals surface area (Å²) in [5, 5.41) is -0.193. The van der Waals surface area contributed by atoms with Gasteiger partial charge in [-0.15, -0.1) is 3.89 Å². The summed E-state index contributed by atoms with van der Waals surface area (Å²) in [7, 11) is -2.05. The summed E-state index contributed by atoms with van der Waals surface area (Å²) >= 11 is 5.82. The van der Waals surface area contributed by atoms with Gasteiger partial charge in [0.15, 0.2) is 11.2 Å². The van der Waals surface area contributed by atoms with Crippen LogP contribution in [0.1, 0.15) is 0 Å². The van der Waals surface area contributed by atoms with Gasteiger partial charge in [0.1, 0.15) is 0 Å². The molecule has 8 nitrogen and oxygen atoms in total. The van der Waals surface area contributed by atoms with Crippen molar-refractivity contribution in [3.8, 4) is 0 Å². The van der Waals surface area contributed by atoms with Crippen LogP contribution in [0.2, 0.25) is 5.28 Å². The standard InChI is InChI=1S/C9H10ClFN4O4S/c1-13-6-5(7(16)14(2)9(13)17)15(8(10)12-6)3-4-20(11,18)19/h3-4H2,1-2H3. The first kappa shape index (κ1) is 14.7. The van der Waals surface area contributed by atoms with Gasteiger partial charge in [0, 0.05) is 20.6 Å². The number of fused-ring (bicyclic) bond motifs is 1. The van der Waals surface area contributed by atoms with Crippen molar-refractivity contribution < 1.29 is 12.3 Å². The second kappa shape index (κ2) is 4.70. The molecule has 11 heteroatoms. The molecule has 2 rings (SSSR count). The van der Waals surface area contributed by atoms with Crippen LogP contribution in [0.25, 0.3) is 11.2 Å². The predicted octanol–water partition coefficient (Wildman–Crippen LogP) is -0.614. The third kappa shape index (κ3) is 2.36. The topological polar surface area (TPSA) is 96.0 Å². The molecule has 2 aromatic rings. The maximum absolute atomic E-state index is 12.6. The lowest BCUT2D eigenvalue weighted by Gasteiger charge is -2.05. The van der Waals surface area contributed by atoms with Gasteiger partial charge in [0.05, 0.1) is 5.75 Å². The fraction of sp³-hybridized carbons (Fsp3) is 0.444. The molecule has 2 aromatic heterocycles. The van der Waals surface area contributed by atoms with Crippen molar-refractivity contribution in [2.45, 2.75) is 6.54 Å². The highest BCUT2D eigenvalue weighted by Crippen LogP contribution is 2.15. The summed E-state index contributed by atoms with van der Waals surface area (Å²) in [5.74, 6) is -0.843. The Morgan fingerprint density at radius 3 is 2.40 bits per heavy atom. The number of halogens is 2. The second-order valence-corrected chi connectivity index (χ2v) is 5.98. The minimum Gasteiger partial charge on any atom is -0.308 e. The van der Waals surface area contributed by atoms with E-state index >= 15 is 0 Å². The number of rotatable bonds is 3. The van der Waals surface area contributed by atoms with Gasteiger partial charge in [-0.3, -0.25) is 13.9 Å². The van der Waals surface area contributed by atoms with Gasteiger partial charge in [0.25, 0.3) is 5.56 Å². The molecule has 110 valence electrons. The van der Waals surface area contributed by atoms with Crippen molar-refractivity contribution >= 4 is 33.0 Å². The first-order valence-electron chi connectivity index (χ1n) is 5.37. The van der Waals surface area contributed by atoms with E-state index < -0.39 is 27.2 Å². The van der Waals surface area contributed by atoms with Crippen molar-refractivity contribution in [2.24, 2.45) is 14.1 Å². The number of hydrogen-bond acceptors (Lipinski definition) is 5. The number of aryl methyl sites for hydroxylation is 2. The average Bonchev–Trinajstić information content (AvgIpc) is 2.67. The molecule has 0 saturated carbocycles. The quantitative estimate of drug-likeness (QED) is 0.554. The summed E-state index contributed by atoms with van der Waals surface area (Å²) in [6, 6.07) is 0. The van der Waals surface area contributed by atoms with Crippen molar-refractivity contribution in [2.75, 3.05) is 5.75 Å². The van der Waals surface area contributed by atoms with Gasteiger partial charge in [-0.1, -0.05) is 0 Å². The van der Waals surface area contributed by atoms with E-state index in [0.717, 1.165) is 13.7 Å². The Kier molecular flexibility index (Phi) is 3.46. The fourth-order valence-electron chi connectivity index (χ4n) is 1.82. The molecular formula is C9H10ClFN4O4S. The van der Waals surface area contributed by atoms with Gasteiger partial charge in [-0.25, -0.2) is 4.79 Å². The first-order chi connectivity index (χ1) is 9.13. The lowest BCUT2D eigenvalue weighted by atomic mass is 10.5. The normalized spacial score (nSPS) is 12.2. The van der Waals surface area contributed by atoms with Crippen LogP contribution in [0.3, 0.4) is 0 Å². The Balaban J connectivity index is 2.77. The monoisotopic (exact) mass is 324 g/mol. The van der Waals surface area contributed by atoms with Crippen LogP contribution in [0.15, 0.2) is 9.59 Å². The molecule has 0 aliphatic heterocycles. The molecule has 0 aliphatic carbocycles. The molecule has 0 amide bonds. The molecule has 0 atom stereocenters. The lowest BCUT2D eigenvalue weighted by molar-refractivity contribution is 0.546. The molecule has 0 spiro atoms. The van der Waals surface area contributed by atoms with Crippen LogP contribution in [0, 0.1) is 0 Å². The van der Waals surface area contributed by atoms with Gasteiger partial charge >= 0.3 is 15.9 Å². The maximum atomic E-state index is 12.6. The zero-order chi connectivity index (χ0) is 15.2. The number of hydrogen-bond donors (Lipinski definition) is 0. The molecule has 0 aliphatic rings. The third-order valence-corrected chi connectivity index (χ3v) is 3.82. The van der Waals surface area contributed by atoms with Crippen LogP contribution in [0.5, 0.6) is 0 Å². The van der Waals surface area contributed by atoms with Crippen molar-refractivity contribution in [1.29, 1.82) is 0 Å². The van der Waals surface area contributed by atoms with E-state index in [-0.39, 0.29) is 23.0 Å². The Bertz CT molecular complexity index is 911. The largest absolute Gasteiger partial charge is 0.332 e. The van der Waals surface area contributed by atoms with Gasteiger partial charge in [-0.2, -0.15) is 13.4 Å². The van der Waals surface area contributed by atoms with Crippen LogP contribution in [-0.4, -0.2) is 32.9 Å². The average molecular weight is 325 g/mol. The van der Waals surface area contributed by atoms with E-state index in [9.17, 15) is 21.9 Å². The fourth-order valence-corrected chi connectivity index (χ4v) is 2.47.